The first-order chi connectivity index (χ1) is 15.9. The molecular formula is C27H41N5S. The van der Waals surface area contributed by atoms with E-state index in [0.29, 0.717) is 0 Å². The number of H-pyrrole nitrogens is 2. The van der Waals surface area contributed by atoms with Crippen LogP contribution in [0.25, 0.3) is 0 Å². The van der Waals surface area contributed by atoms with E-state index in [1.165, 1.54) is 28.7 Å². The smallest absolute Gasteiger partial charge is 0.129 e. The van der Waals surface area contributed by atoms with Gasteiger partial charge in [-0.2, -0.15) is 0 Å². The fourth-order valence-corrected chi connectivity index (χ4v) is 4.34. The number of nitrogens with zero attached hydrogens (tertiary/aromatic N) is 2. The standard InChI is InChI=1S/C27H41N5S/c1-21(2)9-6-10-22(3)11-7-12-23(4)13-8-14-24(5)18-33-19-25(27-29-15-16-30-27)32-26-17-28-20-31-26/h9,11,13,15-18,20,25,32H,6-8,10,12,14,19H2,1-5H3,(H,28,31)(H,29,30). The van der Waals surface area contributed by atoms with Crippen LogP contribution in [0.4, 0.5) is 5.82 Å². The highest BCUT2D eigenvalue weighted by Crippen LogP contribution is 2.22. The Kier molecular flexibility index (Phi) is 12.5. The molecule has 0 aliphatic heterocycles. The predicted octanol–water partition coefficient (Wildman–Crippen LogP) is 8.12. The quantitative estimate of drug-likeness (QED) is 0.231. The highest BCUT2D eigenvalue weighted by Gasteiger charge is 2.14. The number of nitrogens with one attached hydrogen (secondary N) is 3. The van der Waals surface area contributed by atoms with E-state index in [4.69, 9.17) is 0 Å². The van der Waals surface area contributed by atoms with Gasteiger partial charge in [0.1, 0.15) is 11.6 Å². The molecule has 33 heavy (non-hydrogen) atoms. The van der Waals surface area contributed by atoms with E-state index in [9.17, 15) is 0 Å². The zero-order valence-electron chi connectivity index (χ0n) is 20.9. The van der Waals surface area contributed by atoms with Crippen molar-refractivity contribution in [3.63, 3.8) is 0 Å². The Bertz CT molecular complexity index is 900. The molecule has 0 spiro atoms. The van der Waals surface area contributed by atoms with Gasteiger partial charge in [0.15, 0.2) is 0 Å². The molecule has 0 aromatic carbocycles. The van der Waals surface area contributed by atoms with Crippen LogP contribution in [0.2, 0.25) is 0 Å². The van der Waals surface area contributed by atoms with Crippen LogP contribution in [0.1, 0.15) is 85.0 Å². The average molecular weight is 468 g/mol. The number of aromatic nitrogens is 4. The summed E-state index contributed by atoms with van der Waals surface area (Å²) in [6.45, 7) is 11.1. The van der Waals surface area contributed by atoms with E-state index in [2.05, 4.69) is 83.5 Å². The molecule has 0 amide bonds. The van der Waals surface area contributed by atoms with Gasteiger partial charge in [0.2, 0.25) is 0 Å². The lowest BCUT2D eigenvalue weighted by atomic mass is 10.0. The minimum absolute atomic E-state index is 0.0927. The van der Waals surface area contributed by atoms with Gasteiger partial charge in [0.05, 0.1) is 18.6 Å². The van der Waals surface area contributed by atoms with Gasteiger partial charge in [-0.15, -0.1) is 11.8 Å². The molecule has 0 saturated heterocycles. The van der Waals surface area contributed by atoms with E-state index in [-0.39, 0.29) is 6.04 Å². The maximum Gasteiger partial charge on any atom is 0.129 e. The number of hydrogen-bond donors (Lipinski definition) is 3. The normalized spacial score (nSPS) is 13.8. The third-order valence-electron chi connectivity index (χ3n) is 5.38. The topological polar surface area (TPSA) is 69.4 Å². The van der Waals surface area contributed by atoms with Crippen LogP contribution < -0.4 is 5.32 Å². The fourth-order valence-electron chi connectivity index (χ4n) is 3.41. The van der Waals surface area contributed by atoms with Gasteiger partial charge in [-0.25, -0.2) is 9.97 Å². The van der Waals surface area contributed by atoms with Crippen molar-refractivity contribution in [3.8, 4) is 0 Å². The van der Waals surface area contributed by atoms with Crippen LogP contribution in [0.5, 0.6) is 0 Å². The minimum atomic E-state index is 0.0927. The molecule has 180 valence electrons. The molecule has 0 saturated carbocycles. The predicted molar refractivity (Wildman–Crippen MR) is 144 cm³/mol. The van der Waals surface area contributed by atoms with Gasteiger partial charge >= 0.3 is 0 Å². The monoisotopic (exact) mass is 467 g/mol. The first-order valence-corrected chi connectivity index (χ1v) is 12.9. The highest BCUT2D eigenvalue weighted by molar-refractivity contribution is 8.02. The van der Waals surface area contributed by atoms with Crippen LogP contribution >= 0.6 is 11.8 Å². The van der Waals surface area contributed by atoms with Crippen LogP contribution in [0.15, 0.2) is 70.8 Å². The number of hydrogen-bond acceptors (Lipinski definition) is 4. The molecule has 0 radical (unpaired) electrons. The summed E-state index contributed by atoms with van der Waals surface area (Å²) in [7, 11) is 0. The summed E-state index contributed by atoms with van der Waals surface area (Å²) in [4.78, 5) is 14.8. The number of allylic oxidation sites excluding steroid dienone is 7. The molecular weight excluding hydrogens is 426 g/mol. The van der Waals surface area contributed by atoms with Crippen molar-refractivity contribution < 1.29 is 0 Å². The lowest BCUT2D eigenvalue weighted by molar-refractivity contribution is 0.817. The number of aromatic amines is 2. The summed E-state index contributed by atoms with van der Waals surface area (Å²) in [6.07, 6.45) is 21.1. The number of imidazole rings is 2. The van der Waals surface area contributed by atoms with Gasteiger partial charge in [-0.05, 0) is 78.6 Å². The molecule has 1 unspecified atom stereocenters. The third-order valence-corrected chi connectivity index (χ3v) is 6.47. The van der Waals surface area contributed by atoms with Gasteiger partial charge in [-0.3, -0.25) is 0 Å². The van der Waals surface area contributed by atoms with Crippen LogP contribution in [-0.2, 0) is 0 Å². The summed E-state index contributed by atoms with van der Waals surface area (Å²) < 4.78 is 0. The Morgan fingerprint density at radius 3 is 2.18 bits per heavy atom. The zero-order valence-corrected chi connectivity index (χ0v) is 21.8. The molecule has 0 aliphatic rings. The van der Waals surface area contributed by atoms with Crippen LogP contribution in [-0.4, -0.2) is 25.7 Å². The molecule has 6 heteroatoms. The molecule has 0 bridgehead atoms. The van der Waals surface area contributed by atoms with Gasteiger partial charge in [-0.1, -0.05) is 40.5 Å². The minimum Gasteiger partial charge on any atom is -0.360 e. The van der Waals surface area contributed by atoms with E-state index in [1.54, 1.807) is 18.7 Å². The van der Waals surface area contributed by atoms with Crippen molar-refractivity contribution >= 4 is 17.6 Å². The molecule has 2 rings (SSSR count). The first kappa shape index (κ1) is 26.8. The SMILES string of the molecule is CC(C)=CCCC(C)=CCCC(C)=CCCC(C)=CSCC(Nc1cnc[nH]1)c1ncc[nH]1. The van der Waals surface area contributed by atoms with Gasteiger partial charge in [0, 0.05) is 18.1 Å². The second kappa shape index (κ2) is 15.4. The van der Waals surface area contributed by atoms with Crippen LogP contribution in [0, 0.1) is 0 Å². The molecule has 2 heterocycles. The van der Waals surface area contributed by atoms with E-state index < -0.39 is 0 Å². The van der Waals surface area contributed by atoms with Gasteiger partial charge < -0.3 is 15.3 Å². The summed E-state index contributed by atoms with van der Waals surface area (Å²) >= 11 is 1.82. The van der Waals surface area contributed by atoms with E-state index in [0.717, 1.165) is 49.5 Å². The van der Waals surface area contributed by atoms with Crippen molar-refractivity contribution in [2.45, 2.75) is 79.2 Å². The van der Waals surface area contributed by atoms with Crippen molar-refractivity contribution in [1.29, 1.82) is 0 Å². The van der Waals surface area contributed by atoms with E-state index >= 15 is 0 Å². The summed E-state index contributed by atoms with van der Waals surface area (Å²) in [5.41, 5.74) is 5.82. The average Bonchev–Trinajstić information content (AvgIpc) is 3.47. The molecule has 2 aromatic rings. The Hall–Kier alpha value is -2.47. The third kappa shape index (κ3) is 11.8. The summed E-state index contributed by atoms with van der Waals surface area (Å²) in [5.74, 6) is 2.72. The van der Waals surface area contributed by atoms with E-state index in [1.807, 2.05) is 18.0 Å². The van der Waals surface area contributed by atoms with Crippen molar-refractivity contribution in [2.24, 2.45) is 0 Å². The molecule has 0 fully saturated rings. The Labute approximate surface area is 204 Å². The number of thioether (sulfide) groups is 1. The lowest BCUT2D eigenvalue weighted by Crippen LogP contribution is -2.15. The second-order valence-electron chi connectivity index (χ2n) is 8.93. The van der Waals surface area contributed by atoms with Crippen molar-refractivity contribution in [2.75, 3.05) is 11.1 Å². The number of rotatable bonds is 15. The lowest BCUT2D eigenvalue weighted by Gasteiger charge is -2.15. The molecule has 2 aromatic heterocycles. The Balaban J connectivity index is 1.70. The molecule has 1 atom stereocenters. The zero-order chi connectivity index (χ0) is 23.9. The molecule has 5 nitrogen and oxygen atoms in total. The van der Waals surface area contributed by atoms with Crippen molar-refractivity contribution in [1.82, 2.24) is 19.9 Å². The summed E-state index contributed by atoms with van der Waals surface area (Å²) in [5, 5.41) is 5.74. The van der Waals surface area contributed by atoms with Crippen LogP contribution in [0.3, 0.4) is 0 Å². The van der Waals surface area contributed by atoms with Crippen molar-refractivity contribution in [3.05, 3.63) is 76.7 Å². The Morgan fingerprint density at radius 1 is 0.939 bits per heavy atom. The second-order valence-corrected chi connectivity index (χ2v) is 9.83. The molecule has 3 N–H and O–H groups in total. The first-order valence-electron chi connectivity index (χ1n) is 11.9. The largest absolute Gasteiger partial charge is 0.360 e. The number of anilines is 1. The fraction of sp³-hybridized carbons (Fsp3) is 0.481. The maximum atomic E-state index is 4.42. The van der Waals surface area contributed by atoms with Gasteiger partial charge in [0.25, 0.3) is 0 Å². The maximum absolute atomic E-state index is 4.42. The summed E-state index contributed by atoms with van der Waals surface area (Å²) in [6, 6.07) is 0.0927. The Morgan fingerprint density at radius 2 is 1.61 bits per heavy atom. The highest BCUT2D eigenvalue weighted by atomic mass is 32.2. The molecule has 0 aliphatic carbocycles.